The summed E-state index contributed by atoms with van der Waals surface area (Å²) in [6.07, 6.45) is -0.232. The van der Waals surface area contributed by atoms with Crippen LogP contribution in [0.1, 0.15) is 27.7 Å². The third-order valence-electron chi connectivity index (χ3n) is 3.59. The van der Waals surface area contributed by atoms with Gasteiger partial charge in [0, 0.05) is 32.8 Å². The standard InChI is InChI=1S/C15H28N4O3/c1-5-21-9-6-16-13-17-10-12-11-18(7-8-19(12)13)14(20)22-15(2,3)4/h12H,5-11H2,1-4H3,(H,16,17). The number of amides is 1. The van der Waals surface area contributed by atoms with Crippen LogP contribution in [0.15, 0.2) is 4.99 Å². The van der Waals surface area contributed by atoms with Crippen molar-refractivity contribution in [3.63, 3.8) is 0 Å². The van der Waals surface area contributed by atoms with Crippen LogP contribution in [0.2, 0.25) is 0 Å². The molecule has 2 aliphatic rings. The van der Waals surface area contributed by atoms with Gasteiger partial charge in [0.05, 0.1) is 19.2 Å². The van der Waals surface area contributed by atoms with Crippen LogP contribution in [0.5, 0.6) is 0 Å². The van der Waals surface area contributed by atoms with Crippen molar-refractivity contribution in [2.75, 3.05) is 45.9 Å². The van der Waals surface area contributed by atoms with E-state index in [1.165, 1.54) is 0 Å². The summed E-state index contributed by atoms with van der Waals surface area (Å²) in [5.41, 5.74) is -0.452. The summed E-state index contributed by atoms with van der Waals surface area (Å²) < 4.78 is 10.8. The highest BCUT2D eigenvalue weighted by Crippen LogP contribution is 2.18. The van der Waals surface area contributed by atoms with Gasteiger partial charge in [-0.25, -0.2) is 4.79 Å². The molecule has 1 atom stereocenters. The maximum absolute atomic E-state index is 12.1. The number of carbonyl (C=O) groups excluding carboxylic acids is 1. The Labute approximate surface area is 132 Å². The van der Waals surface area contributed by atoms with Crippen LogP contribution >= 0.6 is 0 Å². The topological polar surface area (TPSA) is 66.4 Å². The molecule has 2 aliphatic heterocycles. The number of aliphatic imine (C=N–C) groups is 1. The zero-order valence-electron chi connectivity index (χ0n) is 14.1. The number of nitrogens with zero attached hydrogens (tertiary/aromatic N) is 3. The Morgan fingerprint density at radius 1 is 1.41 bits per heavy atom. The van der Waals surface area contributed by atoms with Gasteiger partial charge in [-0.05, 0) is 27.7 Å². The molecule has 0 aliphatic carbocycles. The Bertz CT molecular complexity index is 420. The molecule has 22 heavy (non-hydrogen) atoms. The van der Waals surface area contributed by atoms with Crippen LogP contribution in [-0.2, 0) is 9.47 Å². The monoisotopic (exact) mass is 312 g/mol. The van der Waals surface area contributed by atoms with Crippen molar-refractivity contribution < 1.29 is 14.3 Å². The van der Waals surface area contributed by atoms with E-state index in [2.05, 4.69) is 15.2 Å². The Balaban J connectivity index is 1.79. The Kier molecular flexibility index (Phi) is 5.50. The number of piperazine rings is 1. The van der Waals surface area contributed by atoms with Gasteiger partial charge < -0.3 is 24.6 Å². The number of hydrogen-bond acceptors (Lipinski definition) is 6. The minimum Gasteiger partial charge on any atom is -0.444 e. The van der Waals surface area contributed by atoms with Gasteiger partial charge in [-0.2, -0.15) is 0 Å². The zero-order chi connectivity index (χ0) is 16.2. The minimum atomic E-state index is -0.452. The fourth-order valence-corrected chi connectivity index (χ4v) is 2.60. The first-order valence-electron chi connectivity index (χ1n) is 8.01. The van der Waals surface area contributed by atoms with Crippen molar-refractivity contribution in [3.05, 3.63) is 0 Å². The van der Waals surface area contributed by atoms with Crippen molar-refractivity contribution >= 4 is 12.1 Å². The van der Waals surface area contributed by atoms with E-state index in [1.807, 2.05) is 27.7 Å². The highest BCUT2D eigenvalue weighted by molar-refractivity contribution is 5.82. The molecule has 7 nitrogen and oxygen atoms in total. The molecule has 0 saturated carbocycles. The summed E-state index contributed by atoms with van der Waals surface area (Å²) in [6, 6.07) is 0.246. The number of fused-ring (bicyclic) bond motifs is 1. The van der Waals surface area contributed by atoms with Crippen LogP contribution in [0.3, 0.4) is 0 Å². The van der Waals surface area contributed by atoms with Crippen molar-refractivity contribution in [2.24, 2.45) is 4.99 Å². The first-order valence-corrected chi connectivity index (χ1v) is 8.01. The average Bonchev–Trinajstić information content (AvgIpc) is 2.84. The first-order chi connectivity index (χ1) is 10.4. The number of rotatable bonds is 4. The van der Waals surface area contributed by atoms with Gasteiger partial charge in [0.25, 0.3) is 0 Å². The first kappa shape index (κ1) is 16.9. The van der Waals surface area contributed by atoms with Gasteiger partial charge in [0.2, 0.25) is 0 Å². The molecule has 1 unspecified atom stereocenters. The van der Waals surface area contributed by atoms with E-state index in [0.717, 1.165) is 32.2 Å². The smallest absolute Gasteiger partial charge is 0.410 e. The van der Waals surface area contributed by atoms with E-state index in [9.17, 15) is 4.79 Å². The second-order valence-corrected chi connectivity index (χ2v) is 6.56. The molecule has 1 amide bonds. The van der Waals surface area contributed by atoms with Crippen molar-refractivity contribution in [1.82, 2.24) is 15.1 Å². The van der Waals surface area contributed by atoms with E-state index >= 15 is 0 Å². The fourth-order valence-electron chi connectivity index (χ4n) is 2.60. The van der Waals surface area contributed by atoms with E-state index in [1.54, 1.807) is 4.90 Å². The van der Waals surface area contributed by atoms with Gasteiger partial charge in [0.1, 0.15) is 5.60 Å². The molecule has 1 saturated heterocycles. The summed E-state index contributed by atoms with van der Waals surface area (Å²) in [5.74, 6) is 0.925. The largest absolute Gasteiger partial charge is 0.444 e. The molecule has 0 radical (unpaired) electrons. The van der Waals surface area contributed by atoms with Crippen LogP contribution < -0.4 is 5.32 Å². The van der Waals surface area contributed by atoms with Crippen LogP contribution in [0.4, 0.5) is 4.79 Å². The second-order valence-electron chi connectivity index (χ2n) is 6.56. The number of hydrogen-bond donors (Lipinski definition) is 1. The molecule has 1 N–H and O–H groups in total. The summed E-state index contributed by atoms with van der Waals surface area (Å²) in [5, 5.41) is 3.31. The Hall–Kier alpha value is -1.50. The molecular weight excluding hydrogens is 284 g/mol. The molecular formula is C15H28N4O3. The van der Waals surface area contributed by atoms with E-state index < -0.39 is 5.60 Å². The van der Waals surface area contributed by atoms with Crippen molar-refractivity contribution in [3.8, 4) is 0 Å². The average molecular weight is 312 g/mol. The minimum absolute atomic E-state index is 0.232. The maximum atomic E-state index is 12.1. The lowest BCUT2D eigenvalue weighted by atomic mass is 10.2. The maximum Gasteiger partial charge on any atom is 0.410 e. The summed E-state index contributed by atoms with van der Waals surface area (Å²) >= 11 is 0. The number of carbonyl (C=O) groups is 1. The number of guanidine groups is 1. The van der Waals surface area contributed by atoms with Crippen LogP contribution in [0.25, 0.3) is 0 Å². The summed E-state index contributed by atoms with van der Waals surface area (Å²) in [7, 11) is 0. The molecule has 0 bridgehead atoms. The SMILES string of the molecule is CCOCCNC1=NCC2CN(C(=O)OC(C)(C)C)CCN12. The third kappa shape index (κ3) is 4.50. The highest BCUT2D eigenvalue weighted by atomic mass is 16.6. The molecule has 126 valence electrons. The van der Waals surface area contributed by atoms with Crippen LogP contribution in [-0.4, -0.2) is 79.4 Å². The summed E-state index contributed by atoms with van der Waals surface area (Å²) in [6.45, 7) is 12.6. The van der Waals surface area contributed by atoms with Gasteiger partial charge in [-0.15, -0.1) is 0 Å². The molecule has 2 rings (SSSR count). The lowest BCUT2D eigenvalue weighted by Gasteiger charge is -2.39. The van der Waals surface area contributed by atoms with E-state index in [0.29, 0.717) is 19.7 Å². The second kappa shape index (κ2) is 7.17. The predicted octanol–water partition coefficient (Wildman–Crippen LogP) is 0.903. The van der Waals surface area contributed by atoms with Crippen molar-refractivity contribution in [1.29, 1.82) is 0 Å². The van der Waals surface area contributed by atoms with Gasteiger partial charge in [0.15, 0.2) is 5.96 Å². The molecule has 0 aromatic heterocycles. The molecule has 0 spiro atoms. The lowest BCUT2D eigenvalue weighted by Crippen LogP contribution is -2.57. The fraction of sp³-hybridized carbons (Fsp3) is 0.867. The molecule has 2 heterocycles. The Morgan fingerprint density at radius 3 is 2.86 bits per heavy atom. The quantitative estimate of drug-likeness (QED) is 0.782. The molecule has 1 fully saturated rings. The molecule has 0 aromatic carbocycles. The summed E-state index contributed by atoms with van der Waals surface area (Å²) in [4.78, 5) is 20.7. The van der Waals surface area contributed by atoms with Gasteiger partial charge in [-0.1, -0.05) is 0 Å². The van der Waals surface area contributed by atoms with E-state index in [4.69, 9.17) is 9.47 Å². The zero-order valence-corrected chi connectivity index (χ0v) is 14.1. The normalized spacial score (nSPS) is 21.5. The Morgan fingerprint density at radius 2 is 2.18 bits per heavy atom. The van der Waals surface area contributed by atoms with Crippen LogP contribution in [0, 0.1) is 0 Å². The van der Waals surface area contributed by atoms with Crippen molar-refractivity contribution in [2.45, 2.75) is 39.3 Å². The molecule has 0 aromatic rings. The van der Waals surface area contributed by atoms with Gasteiger partial charge in [-0.3, -0.25) is 4.99 Å². The predicted molar refractivity (Wildman–Crippen MR) is 85.1 cm³/mol. The highest BCUT2D eigenvalue weighted by Gasteiger charge is 2.36. The number of nitrogens with one attached hydrogen (secondary N) is 1. The third-order valence-corrected chi connectivity index (χ3v) is 3.59. The van der Waals surface area contributed by atoms with E-state index in [-0.39, 0.29) is 12.1 Å². The van der Waals surface area contributed by atoms with Gasteiger partial charge >= 0.3 is 6.09 Å². The lowest BCUT2D eigenvalue weighted by molar-refractivity contribution is 0.0137. The number of ether oxygens (including phenoxy) is 2. The molecule has 7 heteroatoms.